The molecule has 0 amide bonds. The van der Waals surface area contributed by atoms with Gasteiger partial charge in [0.2, 0.25) is 0 Å². The summed E-state index contributed by atoms with van der Waals surface area (Å²) in [5.41, 5.74) is 8.87. The Labute approximate surface area is 173 Å². The molecule has 3 aromatic heterocycles. The summed E-state index contributed by atoms with van der Waals surface area (Å²) in [6.45, 7) is 1.06. The first-order chi connectivity index (χ1) is 14.7. The minimum absolute atomic E-state index is 0.0528. The van der Waals surface area contributed by atoms with Gasteiger partial charge in [0.15, 0.2) is 17.5 Å². The van der Waals surface area contributed by atoms with Crippen LogP contribution in [0.5, 0.6) is 0 Å². The second-order valence-electron chi connectivity index (χ2n) is 6.58. The normalized spacial score (nSPS) is 10.7. The van der Waals surface area contributed by atoms with Crippen LogP contribution in [0.1, 0.15) is 5.56 Å². The van der Waals surface area contributed by atoms with Crippen LogP contribution >= 0.6 is 0 Å². The van der Waals surface area contributed by atoms with E-state index in [1.54, 1.807) is 18.6 Å². The van der Waals surface area contributed by atoms with Gasteiger partial charge in [-0.15, -0.1) is 0 Å². The van der Waals surface area contributed by atoms with Gasteiger partial charge >= 0.3 is 0 Å². The Hall–Kier alpha value is -3.98. The van der Waals surface area contributed by atoms with Crippen LogP contribution in [0.3, 0.4) is 0 Å². The van der Waals surface area contributed by atoms with Gasteiger partial charge in [-0.1, -0.05) is 12.1 Å². The van der Waals surface area contributed by atoms with E-state index in [-0.39, 0.29) is 6.61 Å². The van der Waals surface area contributed by atoms with Crippen molar-refractivity contribution in [2.45, 2.75) is 6.54 Å². The van der Waals surface area contributed by atoms with Crippen molar-refractivity contribution in [1.82, 2.24) is 19.9 Å². The molecule has 0 radical (unpaired) electrons. The van der Waals surface area contributed by atoms with Crippen molar-refractivity contribution in [2.24, 2.45) is 0 Å². The number of aromatic nitrogens is 4. The van der Waals surface area contributed by atoms with Crippen LogP contribution < -0.4 is 21.7 Å². The van der Waals surface area contributed by atoms with Crippen molar-refractivity contribution < 1.29 is 5.11 Å². The van der Waals surface area contributed by atoms with E-state index in [0.29, 0.717) is 36.4 Å². The van der Waals surface area contributed by atoms with E-state index >= 15 is 0 Å². The molecular weight excluding hydrogens is 380 g/mol. The third kappa shape index (κ3) is 4.70. The first-order valence-corrected chi connectivity index (χ1v) is 9.49. The van der Waals surface area contributed by atoms with Gasteiger partial charge < -0.3 is 26.8 Å². The van der Waals surface area contributed by atoms with Crippen molar-refractivity contribution >= 4 is 39.9 Å². The highest BCUT2D eigenvalue weighted by molar-refractivity contribution is 5.79. The standard InChI is InChI=1S/C21H22N8O/c22-20-21(27-12-14-3-4-17-15(10-14)2-1-6-24-17)29-19(13-26-20)28-18-11-16(5-7-25-18)23-8-9-30/h1-7,10-11,13,30H,8-9,12H2,(H2,22,26)(H3,23,25,27,28,29). The van der Waals surface area contributed by atoms with E-state index in [9.17, 15) is 0 Å². The van der Waals surface area contributed by atoms with Crippen LogP contribution in [0.25, 0.3) is 10.9 Å². The predicted octanol–water partition coefficient (Wildman–Crippen LogP) is 2.76. The van der Waals surface area contributed by atoms with Gasteiger partial charge in [-0.2, -0.15) is 0 Å². The number of nitrogen functional groups attached to an aromatic ring is 1. The van der Waals surface area contributed by atoms with Crippen LogP contribution in [0.15, 0.2) is 61.1 Å². The molecule has 0 atom stereocenters. The summed E-state index contributed by atoms with van der Waals surface area (Å²) in [6, 6.07) is 13.7. The average Bonchev–Trinajstić information content (AvgIpc) is 2.78. The lowest BCUT2D eigenvalue weighted by Gasteiger charge is -2.12. The molecule has 1 aromatic carbocycles. The minimum Gasteiger partial charge on any atom is -0.395 e. The number of pyridine rings is 2. The molecular formula is C21H22N8O. The molecule has 9 nitrogen and oxygen atoms in total. The van der Waals surface area contributed by atoms with Gasteiger partial charge in [-0.05, 0) is 29.8 Å². The van der Waals surface area contributed by atoms with Crippen molar-refractivity contribution in [3.05, 3.63) is 66.6 Å². The van der Waals surface area contributed by atoms with E-state index in [2.05, 4.69) is 42.0 Å². The molecule has 152 valence electrons. The zero-order valence-corrected chi connectivity index (χ0v) is 16.2. The third-order valence-electron chi connectivity index (χ3n) is 4.39. The molecule has 0 saturated carbocycles. The second kappa shape index (κ2) is 9.01. The van der Waals surface area contributed by atoms with Crippen LogP contribution in [0.2, 0.25) is 0 Å². The maximum atomic E-state index is 8.94. The summed E-state index contributed by atoms with van der Waals surface area (Å²) in [5.74, 6) is 1.92. The molecule has 0 unspecified atom stereocenters. The number of rotatable bonds is 8. The van der Waals surface area contributed by atoms with E-state index in [4.69, 9.17) is 10.8 Å². The highest BCUT2D eigenvalue weighted by Crippen LogP contribution is 2.21. The Kier molecular flexibility index (Phi) is 5.81. The first-order valence-electron chi connectivity index (χ1n) is 9.49. The lowest BCUT2D eigenvalue weighted by molar-refractivity contribution is 0.311. The number of nitrogens with zero attached hydrogens (tertiary/aromatic N) is 4. The number of aliphatic hydroxyl groups is 1. The fourth-order valence-electron chi connectivity index (χ4n) is 2.95. The van der Waals surface area contributed by atoms with E-state index in [1.165, 1.54) is 0 Å². The molecule has 30 heavy (non-hydrogen) atoms. The van der Waals surface area contributed by atoms with E-state index in [0.717, 1.165) is 22.2 Å². The van der Waals surface area contributed by atoms with Crippen LogP contribution in [0.4, 0.5) is 29.0 Å². The fraction of sp³-hybridized carbons (Fsp3) is 0.143. The molecule has 6 N–H and O–H groups in total. The van der Waals surface area contributed by atoms with Crippen molar-refractivity contribution in [2.75, 3.05) is 34.8 Å². The number of nitrogens with two attached hydrogens (primary N) is 1. The Morgan fingerprint density at radius 2 is 1.87 bits per heavy atom. The average molecular weight is 402 g/mol. The molecule has 0 fully saturated rings. The maximum Gasteiger partial charge on any atom is 0.171 e. The van der Waals surface area contributed by atoms with E-state index in [1.807, 2.05) is 36.4 Å². The summed E-state index contributed by atoms with van der Waals surface area (Å²) in [7, 11) is 0. The van der Waals surface area contributed by atoms with E-state index < -0.39 is 0 Å². The van der Waals surface area contributed by atoms with Crippen LogP contribution in [-0.4, -0.2) is 38.2 Å². The fourth-order valence-corrected chi connectivity index (χ4v) is 2.95. The number of fused-ring (bicyclic) bond motifs is 1. The number of benzene rings is 1. The number of anilines is 5. The molecule has 0 bridgehead atoms. The monoisotopic (exact) mass is 402 g/mol. The lowest BCUT2D eigenvalue weighted by Crippen LogP contribution is -2.08. The summed E-state index contributed by atoms with van der Waals surface area (Å²) in [5, 5.41) is 19.5. The Morgan fingerprint density at radius 3 is 2.77 bits per heavy atom. The van der Waals surface area contributed by atoms with Gasteiger partial charge in [0.05, 0.1) is 18.3 Å². The Balaban J connectivity index is 1.46. The van der Waals surface area contributed by atoms with Gasteiger partial charge in [-0.3, -0.25) is 4.98 Å². The molecule has 3 heterocycles. The maximum absolute atomic E-state index is 8.94. The van der Waals surface area contributed by atoms with Gasteiger partial charge in [-0.25, -0.2) is 15.0 Å². The van der Waals surface area contributed by atoms with Crippen molar-refractivity contribution in [1.29, 1.82) is 0 Å². The number of hydrogen-bond donors (Lipinski definition) is 5. The molecule has 0 aliphatic carbocycles. The summed E-state index contributed by atoms with van der Waals surface area (Å²) in [4.78, 5) is 17.3. The first kappa shape index (κ1) is 19.3. The molecule has 9 heteroatoms. The Morgan fingerprint density at radius 1 is 0.933 bits per heavy atom. The molecule has 0 spiro atoms. The Bertz CT molecular complexity index is 1150. The molecule has 0 aliphatic heterocycles. The predicted molar refractivity (Wildman–Crippen MR) is 119 cm³/mol. The molecule has 0 saturated heterocycles. The third-order valence-corrected chi connectivity index (χ3v) is 4.39. The zero-order valence-electron chi connectivity index (χ0n) is 16.2. The van der Waals surface area contributed by atoms with Gasteiger partial charge in [0.1, 0.15) is 5.82 Å². The number of hydrogen-bond acceptors (Lipinski definition) is 9. The SMILES string of the molecule is Nc1ncc(Nc2cc(NCCO)ccn2)nc1NCc1ccc2ncccc2c1. The number of nitrogens with one attached hydrogen (secondary N) is 3. The topological polar surface area (TPSA) is 134 Å². The molecule has 4 rings (SSSR count). The van der Waals surface area contributed by atoms with Crippen molar-refractivity contribution in [3.8, 4) is 0 Å². The molecule has 4 aromatic rings. The number of aliphatic hydroxyl groups excluding tert-OH is 1. The highest BCUT2D eigenvalue weighted by Gasteiger charge is 2.07. The quantitative estimate of drug-likeness (QED) is 0.301. The smallest absolute Gasteiger partial charge is 0.171 e. The van der Waals surface area contributed by atoms with Crippen molar-refractivity contribution in [3.63, 3.8) is 0 Å². The highest BCUT2D eigenvalue weighted by atomic mass is 16.3. The second-order valence-corrected chi connectivity index (χ2v) is 6.58. The summed E-state index contributed by atoms with van der Waals surface area (Å²) < 4.78 is 0. The molecule has 0 aliphatic rings. The minimum atomic E-state index is 0.0528. The van der Waals surface area contributed by atoms with Crippen LogP contribution in [0, 0.1) is 0 Å². The summed E-state index contributed by atoms with van der Waals surface area (Å²) in [6.07, 6.45) is 5.00. The van der Waals surface area contributed by atoms with Crippen LogP contribution in [-0.2, 0) is 6.54 Å². The largest absolute Gasteiger partial charge is 0.395 e. The lowest BCUT2D eigenvalue weighted by atomic mass is 10.1. The zero-order chi connectivity index (χ0) is 20.8. The summed E-state index contributed by atoms with van der Waals surface area (Å²) >= 11 is 0. The van der Waals surface area contributed by atoms with Gasteiger partial charge in [0, 0.05) is 42.6 Å². The van der Waals surface area contributed by atoms with Gasteiger partial charge in [0.25, 0.3) is 0 Å².